The number of amides is 1. The van der Waals surface area contributed by atoms with Crippen LogP contribution >= 0.6 is 22.6 Å². The van der Waals surface area contributed by atoms with E-state index in [9.17, 15) is 19.5 Å². The molecule has 0 radical (unpaired) electrons. The van der Waals surface area contributed by atoms with Gasteiger partial charge in [0.15, 0.2) is 5.78 Å². The number of rotatable bonds is 6. The number of allylic oxidation sites excluding steroid dienone is 2. The Hall–Kier alpha value is -2.24. The maximum absolute atomic E-state index is 16.3. The number of halogens is 2. The molecule has 0 aliphatic carbocycles. The minimum Gasteiger partial charge on any atom is -0.457 e. The van der Waals surface area contributed by atoms with E-state index in [0.29, 0.717) is 18.6 Å². The molecule has 0 unspecified atom stereocenters. The molecule has 1 aromatic carbocycles. The molecule has 1 heterocycles. The van der Waals surface area contributed by atoms with E-state index in [1.54, 1.807) is 20.8 Å². The van der Waals surface area contributed by atoms with Crippen LogP contribution in [-0.4, -0.2) is 56.1 Å². The third kappa shape index (κ3) is 9.91. The molecule has 0 spiro atoms. The van der Waals surface area contributed by atoms with Crippen molar-refractivity contribution in [1.29, 1.82) is 0 Å². The number of carbonyl (C=O) groups excluding carboxylic acids is 3. The standard InChI is InChI=1S/C38H55FINO6/c1-12-31-37(10,45)30(25(4)32(24(2)3)41-27(6)42)22-21-29(20-16-19-28-17-14-13-15-18-28)23-46-38(11,40)35(7,8)26(5)33(43)36(9,39)34(44)47-31/h13-20,24-26,30-31,45H,12,21-23H2,1-11H3/b19-16+,29-20+,41-32+/t25-,26+,30-,31-,36+,37+,38-/m1/s1. The van der Waals surface area contributed by atoms with Gasteiger partial charge in [-0.25, -0.2) is 14.2 Å². The third-order valence-electron chi connectivity index (χ3n) is 10.2. The Balaban J connectivity index is 2.78. The maximum Gasteiger partial charge on any atom is 0.351 e. The van der Waals surface area contributed by atoms with Gasteiger partial charge in [-0.15, -0.1) is 0 Å². The van der Waals surface area contributed by atoms with Crippen molar-refractivity contribution in [2.45, 2.75) is 116 Å². The average Bonchev–Trinajstić information content (AvgIpc) is 2.99. The lowest BCUT2D eigenvalue weighted by atomic mass is 9.70. The summed E-state index contributed by atoms with van der Waals surface area (Å²) in [7, 11) is 0. The van der Waals surface area contributed by atoms with E-state index >= 15 is 4.39 Å². The number of cyclic esters (lactones) is 1. The summed E-state index contributed by atoms with van der Waals surface area (Å²) >= 11 is 2.16. The Bertz CT molecular complexity index is 1340. The number of carbonyl (C=O) groups is 3. The zero-order chi connectivity index (χ0) is 36.0. The molecule has 2 rings (SSSR count). The van der Waals surface area contributed by atoms with E-state index in [2.05, 4.69) is 27.6 Å². The van der Waals surface area contributed by atoms with Gasteiger partial charge < -0.3 is 14.6 Å². The van der Waals surface area contributed by atoms with Crippen LogP contribution in [0.4, 0.5) is 4.39 Å². The van der Waals surface area contributed by atoms with Crippen LogP contribution in [0.25, 0.3) is 6.08 Å². The van der Waals surface area contributed by atoms with Crippen LogP contribution in [-0.2, 0) is 23.9 Å². The smallest absolute Gasteiger partial charge is 0.351 e. The predicted octanol–water partition coefficient (Wildman–Crippen LogP) is 8.52. The van der Waals surface area contributed by atoms with Crippen molar-refractivity contribution in [2.75, 3.05) is 6.61 Å². The van der Waals surface area contributed by atoms with Gasteiger partial charge in [0.25, 0.3) is 5.67 Å². The fourth-order valence-corrected chi connectivity index (χ4v) is 6.95. The van der Waals surface area contributed by atoms with Crippen LogP contribution in [0.2, 0.25) is 0 Å². The van der Waals surface area contributed by atoms with Crippen molar-refractivity contribution in [3.05, 3.63) is 53.6 Å². The summed E-state index contributed by atoms with van der Waals surface area (Å²) in [5.74, 6) is -4.60. The van der Waals surface area contributed by atoms with E-state index in [1.807, 2.05) is 90.1 Å². The molecule has 1 fully saturated rings. The van der Waals surface area contributed by atoms with Crippen molar-refractivity contribution >= 4 is 52.0 Å². The lowest BCUT2D eigenvalue weighted by Crippen LogP contribution is -2.55. The van der Waals surface area contributed by atoms with Gasteiger partial charge in [-0.3, -0.25) is 9.59 Å². The highest BCUT2D eigenvalue weighted by Gasteiger charge is 2.55. The fourth-order valence-electron chi connectivity index (χ4n) is 6.33. The van der Waals surface area contributed by atoms with Crippen LogP contribution in [0.1, 0.15) is 101 Å². The van der Waals surface area contributed by atoms with Gasteiger partial charge in [0.2, 0.25) is 5.91 Å². The number of esters is 1. The van der Waals surface area contributed by atoms with Gasteiger partial charge in [-0.1, -0.05) is 97.0 Å². The summed E-state index contributed by atoms with van der Waals surface area (Å²) in [5.41, 5.74) is -2.94. The molecular weight excluding hydrogens is 712 g/mol. The van der Waals surface area contributed by atoms with Gasteiger partial charge in [-0.05, 0) is 85.6 Å². The van der Waals surface area contributed by atoms with Crippen molar-refractivity contribution in [2.24, 2.45) is 34.1 Å². The highest BCUT2D eigenvalue weighted by atomic mass is 127. The van der Waals surface area contributed by atoms with Crippen LogP contribution in [0.15, 0.2) is 53.0 Å². The molecule has 47 heavy (non-hydrogen) atoms. The van der Waals surface area contributed by atoms with Gasteiger partial charge >= 0.3 is 5.97 Å². The first kappa shape index (κ1) is 40.9. The Labute approximate surface area is 295 Å². The molecule has 1 aliphatic rings. The summed E-state index contributed by atoms with van der Waals surface area (Å²) in [6.07, 6.45) is 5.91. The summed E-state index contributed by atoms with van der Waals surface area (Å²) in [4.78, 5) is 43.7. The number of Topliss-reactive ketones (excluding diaryl/α,β-unsaturated/α-hetero) is 1. The largest absolute Gasteiger partial charge is 0.457 e. The van der Waals surface area contributed by atoms with Crippen molar-refractivity contribution in [3.63, 3.8) is 0 Å². The molecule has 1 aromatic rings. The minimum absolute atomic E-state index is 0.105. The van der Waals surface area contributed by atoms with Gasteiger partial charge in [0.05, 0.1) is 6.61 Å². The first-order valence-corrected chi connectivity index (χ1v) is 17.7. The zero-order valence-electron chi connectivity index (χ0n) is 30.0. The number of benzene rings is 1. The molecule has 7 nitrogen and oxygen atoms in total. The highest BCUT2D eigenvalue weighted by molar-refractivity contribution is 14.1. The topological polar surface area (TPSA) is 102 Å². The monoisotopic (exact) mass is 767 g/mol. The van der Waals surface area contributed by atoms with E-state index in [-0.39, 0.29) is 24.9 Å². The van der Waals surface area contributed by atoms with Gasteiger partial charge in [0, 0.05) is 29.9 Å². The number of hydrogen-bond donors (Lipinski definition) is 1. The zero-order valence-corrected chi connectivity index (χ0v) is 32.2. The normalized spacial score (nSPS) is 33.4. The SMILES string of the molecule is CC[C@H]1OC(=O)[C@@](C)(F)C(=O)[C@H](C)C(C)(C)[C@](C)(I)OC/C(=C/C=C/c2ccccc2)CC[C@H]([C@@H](C)/C(=N/C(C)=O)C(C)C)[C@]1(C)O. The number of aliphatic hydroxyl groups is 1. The third-order valence-corrected chi connectivity index (χ3v) is 11.9. The Morgan fingerprint density at radius 2 is 1.72 bits per heavy atom. The minimum atomic E-state index is -2.96. The quantitative estimate of drug-likeness (QED) is 0.102. The first-order valence-electron chi connectivity index (χ1n) is 16.6. The molecule has 9 heteroatoms. The van der Waals surface area contributed by atoms with Gasteiger partial charge in [-0.2, -0.15) is 0 Å². The molecule has 262 valence electrons. The lowest BCUT2D eigenvalue weighted by Gasteiger charge is -2.44. The van der Waals surface area contributed by atoms with Crippen molar-refractivity contribution in [3.8, 4) is 0 Å². The molecule has 1 amide bonds. The lowest BCUT2D eigenvalue weighted by molar-refractivity contribution is -0.187. The second-order valence-electron chi connectivity index (χ2n) is 14.3. The predicted molar refractivity (Wildman–Crippen MR) is 195 cm³/mol. The van der Waals surface area contributed by atoms with Crippen molar-refractivity contribution in [1.82, 2.24) is 0 Å². The van der Waals surface area contributed by atoms with Crippen LogP contribution in [0.5, 0.6) is 0 Å². The summed E-state index contributed by atoms with van der Waals surface area (Å²) in [5, 5.41) is 12.3. The van der Waals surface area contributed by atoms with Crippen molar-refractivity contribution < 1.29 is 33.4 Å². The average molecular weight is 768 g/mol. The number of alkyl halides is 2. The van der Waals surface area contributed by atoms with E-state index in [1.165, 1.54) is 6.92 Å². The summed E-state index contributed by atoms with van der Waals surface area (Å²) in [6.45, 7) is 18.8. The number of nitrogens with zero attached hydrogens (tertiary/aromatic N) is 1. The number of aliphatic imine (C=N–C) groups is 1. The number of ketones is 1. The van der Waals surface area contributed by atoms with Crippen LogP contribution in [0, 0.1) is 29.1 Å². The fraction of sp³-hybridized carbons (Fsp3) is 0.632. The van der Waals surface area contributed by atoms with E-state index in [0.717, 1.165) is 18.1 Å². The number of hydrogen-bond acceptors (Lipinski definition) is 6. The molecule has 1 N–H and O–H groups in total. The second kappa shape index (κ2) is 16.4. The Morgan fingerprint density at radius 1 is 1.13 bits per heavy atom. The summed E-state index contributed by atoms with van der Waals surface area (Å²) in [6, 6.07) is 9.90. The van der Waals surface area contributed by atoms with E-state index < -0.39 is 55.9 Å². The van der Waals surface area contributed by atoms with Crippen LogP contribution in [0.3, 0.4) is 0 Å². The second-order valence-corrected chi connectivity index (χ2v) is 16.3. The molecule has 1 saturated heterocycles. The van der Waals surface area contributed by atoms with E-state index in [4.69, 9.17) is 9.47 Å². The Kier molecular flexibility index (Phi) is 14.3. The van der Waals surface area contributed by atoms with Crippen LogP contribution < -0.4 is 0 Å². The molecule has 0 bridgehead atoms. The molecular formula is C38H55FINO6. The number of ether oxygens (including phenoxy) is 2. The first-order chi connectivity index (χ1) is 21.6. The molecule has 7 atom stereocenters. The molecule has 0 aromatic heterocycles. The Morgan fingerprint density at radius 3 is 2.26 bits per heavy atom. The molecule has 1 aliphatic heterocycles. The summed E-state index contributed by atoms with van der Waals surface area (Å²) < 4.78 is 27.6. The molecule has 0 saturated carbocycles. The highest BCUT2D eigenvalue weighted by Crippen LogP contribution is 2.48. The maximum atomic E-state index is 16.3. The van der Waals surface area contributed by atoms with Gasteiger partial charge in [0.1, 0.15) is 15.3 Å².